The number of primary amides is 2. The molecule has 0 heterocycles. The van der Waals surface area contributed by atoms with Crippen molar-refractivity contribution in [3.8, 4) is 0 Å². The summed E-state index contributed by atoms with van der Waals surface area (Å²) in [7, 11) is 0. The van der Waals surface area contributed by atoms with Crippen LogP contribution in [-0.4, -0.2) is 11.8 Å². The molecular formula is C9H10N2O2. The van der Waals surface area contributed by atoms with Gasteiger partial charge in [-0.1, -0.05) is 6.07 Å². The highest BCUT2D eigenvalue weighted by atomic mass is 16.1. The second-order valence-corrected chi connectivity index (χ2v) is 2.76. The van der Waals surface area contributed by atoms with Gasteiger partial charge in [0.2, 0.25) is 11.8 Å². The average Bonchev–Trinajstić information content (AvgIpc) is 2.04. The van der Waals surface area contributed by atoms with Gasteiger partial charge >= 0.3 is 0 Å². The van der Waals surface area contributed by atoms with Crippen molar-refractivity contribution in [3.63, 3.8) is 0 Å². The summed E-state index contributed by atoms with van der Waals surface area (Å²) in [5.41, 5.74) is 11.5. The summed E-state index contributed by atoms with van der Waals surface area (Å²) in [5.74, 6) is -1.12. The van der Waals surface area contributed by atoms with Crippen LogP contribution in [0.2, 0.25) is 0 Å². The number of carbonyl (C=O) groups excluding carboxylic acids is 2. The molecule has 0 aliphatic rings. The number of nitrogens with two attached hydrogens (primary N) is 2. The van der Waals surface area contributed by atoms with E-state index in [0.29, 0.717) is 11.1 Å². The molecule has 13 heavy (non-hydrogen) atoms. The first-order valence-electron chi connectivity index (χ1n) is 3.72. The lowest BCUT2D eigenvalue weighted by Crippen LogP contribution is -2.16. The topological polar surface area (TPSA) is 86.2 Å². The Hall–Kier alpha value is -1.84. The molecule has 0 fully saturated rings. The van der Waals surface area contributed by atoms with E-state index in [2.05, 4.69) is 0 Å². The molecular weight excluding hydrogens is 168 g/mol. The molecule has 0 unspecified atom stereocenters. The molecule has 4 N–H and O–H groups in total. The third-order valence-electron chi connectivity index (χ3n) is 1.79. The summed E-state index contributed by atoms with van der Waals surface area (Å²) < 4.78 is 0. The summed E-state index contributed by atoms with van der Waals surface area (Å²) in [4.78, 5) is 21.6. The fraction of sp³-hybridized carbons (Fsp3) is 0.111. The minimum absolute atomic E-state index is 0.291. The fourth-order valence-electron chi connectivity index (χ4n) is 1.04. The van der Waals surface area contributed by atoms with Gasteiger partial charge in [0.1, 0.15) is 0 Å². The van der Waals surface area contributed by atoms with Crippen LogP contribution in [-0.2, 0) is 0 Å². The number of hydrogen-bond acceptors (Lipinski definition) is 2. The van der Waals surface area contributed by atoms with E-state index >= 15 is 0 Å². The molecule has 0 saturated heterocycles. The standard InChI is InChI=1S/C9H10N2O2/c1-5-2-3-6(8(10)12)4-7(5)9(11)13/h2-4H,1H3,(H2,10,12)(H2,11,13). The zero-order valence-corrected chi connectivity index (χ0v) is 7.20. The first-order valence-corrected chi connectivity index (χ1v) is 3.72. The molecule has 0 saturated carbocycles. The zero-order valence-electron chi connectivity index (χ0n) is 7.20. The fourth-order valence-corrected chi connectivity index (χ4v) is 1.04. The lowest BCUT2D eigenvalue weighted by Gasteiger charge is -2.02. The Kier molecular flexibility index (Phi) is 2.32. The lowest BCUT2D eigenvalue weighted by molar-refractivity contribution is 0.0998. The normalized spacial score (nSPS) is 9.62. The summed E-state index contributed by atoms with van der Waals surface area (Å²) in [6.45, 7) is 1.74. The van der Waals surface area contributed by atoms with Crippen LogP contribution in [0.3, 0.4) is 0 Å². The van der Waals surface area contributed by atoms with Gasteiger partial charge in [0.15, 0.2) is 0 Å². The van der Waals surface area contributed by atoms with Crippen LogP contribution in [0.4, 0.5) is 0 Å². The van der Waals surface area contributed by atoms with Crippen molar-refractivity contribution in [1.82, 2.24) is 0 Å². The van der Waals surface area contributed by atoms with E-state index < -0.39 is 11.8 Å². The van der Waals surface area contributed by atoms with Gasteiger partial charge in [0, 0.05) is 11.1 Å². The maximum atomic E-state index is 10.9. The predicted octanol–water partition coefficient (Wildman–Crippen LogP) is 0.193. The van der Waals surface area contributed by atoms with Gasteiger partial charge in [-0.3, -0.25) is 9.59 Å². The molecule has 0 bridgehead atoms. The molecule has 0 aliphatic carbocycles. The second kappa shape index (κ2) is 3.26. The predicted molar refractivity (Wildman–Crippen MR) is 48.2 cm³/mol. The van der Waals surface area contributed by atoms with Crippen molar-refractivity contribution in [2.24, 2.45) is 11.5 Å². The van der Waals surface area contributed by atoms with Crippen LogP contribution in [0.1, 0.15) is 26.3 Å². The van der Waals surface area contributed by atoms with E-state index in [1.165, 1.54) is 6.07 Å². The van der Waals surface area contributed by atoms with Gasteiger partial charge in [-0.2, -0.15) is 0 Å². The average molecular weight is 178 g/mol. The van der Waals surface area contributed by atoms with Gasteiger partial charge < -0.3 is 11.5 Å². The van der Waals surface area contributed by atoms with E-state index in [0.717, 1.165) is 5.56 Å². The smallest absolute Gasteiger partial charge is 0.248 e. The Balaban J connectivity index is 3.27. The summed E-state index contributed by atoms with van der Waals surface area (Å²) in [5, 5.41) is 0. The Bertz CT molecular complexity index is 372. The van der Waals surface area contributed by atoms with Crippen molar-refractivity contribution < 1.29 is 9.59 Å². The monoisotopic (exact) mass is 178 g/mol. The molecule has 1 rings (SSSR count). The van der Waals surface area contributed by atoms with Crippen LogP contribution >= 0.6 is 0 Å². The highest BCUT2D eigenvalue weighted by Crippen LogP contribution is 2.09. The second-order valence-electron chi connectivity index (χ2n) is 2.76. The van der Waals surface area contributed by atoms with E-state index in [1.54, 1.807) is 19.1 Å². The van der Waals surface area contributed by atoms with E-state index in [-0.39, 0.29) is 0 Å². The van der Waals surface area contributed by atoms with Crippen molar-refractivity contribution in [2.45, 2.75) is 6.92 Å². The number of carbonyl (C=O) groups is 2. The third kappa shape index (κ3) is 1.84. The van der Waals surface area contributed by atoms with E-state index in [4.69, 9.17) is 11.5 Å². The number of aryl methyl sites for hydroxylation is 1. The number of rotatable bonds is 2. The highest BCUT2D eigenvalue weighted by Gasteiger charge is 2.08. The van der Waals surface area contributed by atoms with Gasteiger partial charge in [0.05, 0.1) is 0 Å². The minimum atomic E-state index is -0.567. The Labute approximate surface area is 75.5 Å². The minimum Gasteiger partial charge on any atom is -0.366 e. The molecule has 2 amide bonds. The molecule has 0 aromatic heterocycles. The van der Waals surface area contributed by atoms with Crippen LogP contribution in [0, 0.1) is 6.92 Å². The van der Waals surface area contributed by atoms with E-state index in [9.17, 15) is 9.59 Å². The Morgan fingerprint density at radius 3 is 2.23 bits per heavy atom. The van der Waals surface area contributed by atoms with Crippen LogP contribution in [0.15, 0.2) is 18.2 Å². The number of benzene rings is 1. The van der Waals surface area contributed by atoms with Gasteiger partial charge in [-0.25, -0.2) is 0 Å². The van der Waals surface area contributed by atoms with Crippen molar-refractivity contribution in [1.29, 1.82) is 0 Å². The largest absolute Gasteiger partial charge is 0.366 e. The van der Waals surface area contributed by atoms with Crippen LogP contribution in [0.25, 0.3) is 0 Å². The van der Waals surface area contributed by atoms with Crippen molar-refractivity contribution >= 4 is 11.8 Å². The van der Waals surface area contributed by atoms with Crippen molar-refractivity contribution in [2.75, 3.05) is 0 Å². The van der Waals surface area contributed by atoms with Gasteiger partial charge in [0.25, 0.3) is 0 Å². The Morgan fingerprint density at radius 2 is 1.77 bits per heavy atom. The van der Waals surface area contributed by atoms with Gasteiger partial charge in [-0.15, -0.1) is 0 Å². The lowest BCUT2D eigenvalue weighted by atomic mass is 10.0. The molecule has 0 aliphatic heterocycles. The molecule has 1 aromatic rings. The quantitative estimate of drug-likeness (QED) is 0.677. The van der Waals surface area contributed by atoms with Crippen LogP contribution < -0.4 is 11.5 Å². The van der Waals surface area contributed by atoms with E-state index in [1.807, 2.05) is 0 Å². The molecule has 4 nitrogen and oxygen atoms in total. The number of hydrogen-bond donors (Lipinski definition) is 2. The molecule has 1 aromatic carbocycles. The first-order chi connectivity index (χ1) is 6.02. The molecule has 0 atom stereocenters. The Morgan fingerprint density at radius 1 is 1.15 bits per heavy atom. The highest BCUT2D eigenvalue weighted by molar-refractivity contribution is 5.99. The molecule has 68 valence electrons. The summed E-state index contributed by atoms with van der Waals surface area (Å²) in [6.07, 6.45) is 0. The SMILES string of the molecule is Cc1ccc(C(N)=O)cc1C(N)=O. The first kappa shape index (κ1) is 9.25. The van der Waals surface area contributed by atoms with Crippen molar-refractivity contribution in [3.05, 3.63) is 34.9 Å². The maximum absolute atomic E-state index is 10.9. The third-order valence-corrected chi connectivity index (χ3v) is 1.79. The summed E-state index contributed by atoms with van der Waals surface area (Å²) >= 11 is 0. The molecule has 0 radical (unpaired) electrons. The van der Waals surface area contributed by atoms with Gasteiger partial charge in [-0.05, 0) is 24.6 Å². The number of amides is 2. The van der Waals surface area contributed by atoms with Crippen LogP contribution in [0.5, 0.6) is 0 Å². The molecule has 4 heteroatoms. The molecule has 0 spiro atoms. The maximum Gasteiger partial charge on any atom is 0.248 e. The summed E-state index contributed by atoms with van der Waals surface area (Å²) in [6, 6.07) is 4.60. The zero-order chi connectivity index (χ0) is 10.0.